The second kappa shape index (κ2) is 6.33. The van der Waals surface area contributed by atoms with E-state index in [2.05, 4.69) is 5.32 Å². The van der Waals surface area contributed by atoms with Crippen LogP contribution in [0.25, 0.3) is 0 Å². The average Bonchev–Trinajstić information content (AvgIpc) is 2.38. The zero-order chi connectivity index (χ0) is 14.5. The number of rotatable bonds is 6. The first-order valence-electron chi connectivity index (χ1n) is 6.00. The summed E-state index contributed by atoms with van der Waals surface area (Å²) in [4.78, 5) is 23.3. The molecule has 0 heterocycles. The summed E-state index contributed by atoms with van der Waals surface area (Å²) in [6.45, 7) is 3.07. The summed E-state index contributed by atoms with van der Waals surface area (Å²) in [7, 11) is 1.40. The van der Waals surface area contributed by atoms with E-state index in [0.717, 1.165) is 5.56 Å². The smallest absolute Gasteiger partial charge is 0.331 e. The molecule has 2 atom stereocenters. The largest absolute Gasteiger partial charge is 0.479 e. The van der Waals surface area contributed by atoms with Crippen LogP contribution in [-0.2, 0) is 14.3 Å². The quantitative estimate of drug-likeness (QED) is 0.815. The van der Waals surface area contributed by atoms with Crippen molar-refractivity contribution in [1.29, 1.82) is 0 Å². The Bertz CT molecular complexity index is 446. The fraction of sp³-hybridized carbons (Fsp3) is 0.429. The predicted octanol–water partition coefficient (Wildman–Crippen LogP) is 1.40. The SMILES string of the molecule is COCC(C)(NC(=O)[C@@H](C)c1ccccc1)C(=O)O. The van der Waals surface area contributed by atoms with Crippen LogP contribution in [0.5, 0.6) is 0 Å². The lowest BCUT2D eigenvalue weighted by Gasteiger charge is -2.27. The van der Waals surface area contributed by atoms with Crippen molar-refractivity contribution in [2.75, 3.05) is 13.7 Å². The van der Waals surface area contributed by atoms with Crippen LogP contribution in [0.15, 0.2) is 30.3 Å². The van der Waals surface area contributed by atoms with Crippen molar-refractivity contribution in [3.05, 3.63) is 35.9 Å². The minimum Gasteiger partial charge on any atom is -0.479 e. The Morgan fingerprint density at radius 2 is 1.95 bits per heavy atom. The summed E-state index contributed by atoms with van der Waals surface area (Å²) in [6.07, 6.45) is 0. The van der Waals surface area contributed by atoms with Gasteiger partial charge >= 0.3 is 5.97 Å². The molecule has 104 valence electrons. The fourth-order valence-electron chi connectivity index (χ4n) is 1.71. The van der Waals surface area contributed by atoms with Crippen molar-refractivity contribution >= 4 is 11.9 Å². The Morgan fingerprint density at radius 1 is 1.37 bits per heavy atom. The number of ether oxygens (including phenoxy) is 1. The number of benzene rings is 1. The molecule has 0 radical (unpaired) electrons. The minimum absolute atomic E-state index is 0.0877. The molecule has 5 nitrogen and oxygen atoms in total. The van der Waals surface area contributed by atoms with E-state index in [1.165, 1.54) is 14.0 Å². The van der Waals surface area contributed by atoms with Gasteiger partial charge in [-0.15, -0.1) is 0 Å². The number of carbonyl (C=O) groups excluding carboxylic acids is 1. The first-order valence-corrected chi connectivity index (χ1v) is 6.00. The maximum atomic E-state index is 12.1. The second-order valence-electron chi connectivity index (χ2n) is 4.69. The van der Waals surface area contributed by atoms with E-state index in [0.29, 0.717) is 0 Å². The van der Waals surface area contributed by atoms with Crippen molar-refractivity contribution in [3.63, 3.8) is 0 Å². The molecule has 2 N–H and O–H groups in total. The first-order chi connectivity index (χ1) is 8.90. The van der Waals surface area contributed by atoms with E-state index < -0.39 is 17.4 Å². The number of methoxy groups -OCH3 is 1. The van der Waals surface area contributed by atoms with E-state index in [9.17, 15) is 14.7 Å². The summed E-state index contributed by atoms with van der Waals surface area (Å²) in [5, 5.41) is 11.7. The third kappa shape index (κ3) is 3.79. The Hall–Kier alpha value is -1.88. The highest BCUT2D eigenvalue weighted by molar-refractivity contribution is 5.90. The normalized spacial score (nSPS) is 15.3. The highest BCUT2D eigenvalue weighted by Gasteiger charge is 2.36. The van der Waals surface area contributed by atoms with Gasteiger partial charge in [0.2, 0.25) is 5.91 Å². The van der Waals surface area contributed by atoms with Gasteiger partial charge in [-0.25, -0.2) is 4.79 Å². The van der Waals surface area contributed by atoms with Crippen molar-refractivity contribution in [2.24, 2.45) is 0 Å². The number of amides is 1. The van der Waals surface area contributed by atoms with Crippen LogP contribution in [-0.4, -0.2) is 36.2 Å². The number of carboxylic acid groups (broad SMARTS) is 1. The van der Waals surface area contributed by atoms with Crippen LogP contribution in [0.3, 0.4) is 0 Å². The van der Waals surface area contributed by atoms with Crippen LogP contribution in [0.1, 0.15) is 25.3 Å². The van der Waals surface area contributed by atoms with Crippen molar-refractivity contribution in [3.8, 4) is 0 Å². The van der Waals surface area contributed by atoms with Gasteiger partial charge in [-0.1, -0.05) is 30.3 Å². The molecular formula is C14H19NO4. The van der Waals surface area contributed by atoms with Crippen LogP contribution < -0.4 is 5.32 Å². The van der Waals surface area contributed by atoms with Crippen LogP contribution >= 0.6 is 0 Å². The van der Waals surface area contributed by atoms with Gasteiger partial charge in [-0.05, 0) is 19.4 Å². The lowest BCUT2D eigenvalue weighted by molar-refractivity contribution is -0.149. The molecule has 0 fully saturated rings. The maximum Gasteiger partial charge on any atom is 0.331 e. The summed E-state index contributed by atoms with van der Waals surface area (Å²) < 4.78 is 4.86. The zero-order valence-electron chi connectivity index (χ0n) is 11.3. The molecule has 0 aromatic heterocycles. The topological polar surface area (TPSA) is 75.6 Å². The van der Waals surface area contributed by atoms with E-state index in [1.807, 2.05) is 30.3 Å². The highest BCUT2D eigenvalue weighted by atomic mass is 16.5. The monoisotopic (exact) mass is 265 g/mol. The Kier molecular flexibility index (Phi) is 5.06. The molecule has 0 spiro atoms. The molecule has 0 saturated carbocycles. The van der Waals surface area contributed by atoms with Gasteiger partial charge in [0.25, 0.3) is 0 Å². The van der Waals surface area contributed by atoms with Crippen LogP contribution in [0, 0.1) is 0 Å². The number of aliphatic carboxylic acids is 1. The molecular weight excluding hydrogens is 246 g/mol. The molecule has 5 heteroatoms. The molecule has 0 saturated heterocycles. The molecule has 0 aliphatic carbocycles. The zero-order valence-corrected chi connectivity index (χ0v) is 11.3. The summed E-state index contributed by atoms with van der Waals surface area (Å²) >= 11 is 0. The van der Waals surface area contributed by atoms with Gasteiger partial charge in [-0.2, -0.15) is 0 Å². The van der Waals surface area contributed by atoms with Crippen molar-refractivity contribution < 1.29 is 19.4 Å². The van der Waals surface area contributed by atoms with Crippen LogP contribution in [0.4, 0.5) is 0 Å². The van der Waals surface area contributed by atoms with Gasteiger partial charge < -0.3 is 15.2 Å². The van der Waals surface area contributed by atoms with Gasteiger partial charge in [-0.3, -0.25) is 4.79 Å². The average molecular weight is 265 g/mol. The van der Waals surface area contributed by atoms with Gasteiger partial charge in [0, 0.05) is 7.11 Å². The number of nitrogens with one attached hydrogen (secondary N) is 1. The summed E-state index contributed by atoms with van der Waals surface area (Å²) in [5.74, 6) is -1.88. The number of carboxylic acids is 1. The van der Waals surface area contributed by atoms with E-state index >= 15 is 0 Å². The maximum absolute atomic E-state index is 12.1. The number of hydrogen-bond acceptors (Lipinski definition) is 3. The Balaban J connectivity index is 2.81. The molecule has 19 heavy (non-hydrogen) atoms. The van der Waals surface area contributed by atoms with Crippen molar-refractivity contribution in [2.45, 2.75) is 25.3 Å². The lowest BCUT2D eigenvalue weighted by Crippen LogP contribution is -2.56. The number of hydrogen-bond donors (Lipinski definition) is 2. The number of carbonyl (C=O) groups is 2. The first kappa shape index (κ1) is 15.2. The second-order valence-corrected chi connectivity index (χ2v) is 4.69. The third-order valence-corrected chi connectivity index (χ3v) is 3.00. The highest BCUT2D eigenvalue weighted by Crippen LogP contribution is 2.16. The van der Waals surface area contributed by atoms with Crippen LogP contribution in [0.2, 0.25) is 0 Å². The van der Waals surface area contributed by atoms with Crippen molar-refractivity contribution in [1.82, 2.24) is 5.32 Å². The molecule has 1 aromatic carbocycles. The molecule has 0 bridgehead atoms. The molecule has 1 rings (SSSR count). The molecule has 1 amide bonds. The Labute approximate surface area is 112 Å². The lowest BCUT2D eigenvalue weighted by atomic mass is 9.97. The van der Waals surface area contributed by atoms with Gasteiger partial charge in [0.1, 0.15) is 0 Å². The van der Waals surface area contributed by atoms with E-state index in [1.54, 1.807) is 6.92 Å². The van der Waals surface area contributed by atoms with Gasteiger partial charge in [0.15, 0.2) is 5.54 Å². The molecule has 1 unspecified atom stereocenters. The molecule has 0 aliphatic heterocycles. The summed E-state index contributed by atoms with van der Waals surface area (Å²) in [5.41, 5.74) is -0.584. The molecule has 0 aliphatic rings. The third-order valence-electron chi connectivity index (χ3n) is 3.00. The standard InChI is InChI=1S/C14H19NO4/c1-10(11-7-5-4-6-8-11)12(16)15-14(2,9-19-3)13(17)18/h4-8,10H,9H2,1-3H3,(H,15,16)(H,17,18)/t10-,14?/m0/s1. The molecule has 1 aromatic rings. The fourth-order valence-corrected chi connectivity index (χ4v) is 1.71. The summed E-state index contributed by atoms with van der Waals surface area (Å²) in [6, 6.07) is 9.20. The minimum atomic E-state index is -1.42. The Morgan fingerprint density at radius 3 is 2.42 bits per heavy atom. The predicted molar refractivity (Wildman–Crippen MR) is 70.9 cm³/mol. The van der Waals surface area contributed by atoms with E-state index in [4.69, 9.17) is 4.74 Å². The van der Waals surface area contributed by atoms with Gasteiger partial charge in [0.05, 0.1) is 12.5 Å². The van der Waals surface area contributed by atoms with E-state index in [-0.39, 0.29) is 12.5 Å².